The first-order chi connectivity index (χ1) is 6.20. The molecule has 0 saturated heterocycles. The van der Waals surface area contributed by atoms with Crippen molar-refractivity contribution in [3.63, 3.8) is 0 Å². The van der Waals surface area contributed by atoms with Crippen LogP contribution in [0, 0.1) is 0 Å². The number of rotatable bonds is 7. The molecular weight excluding hydrogens is 166 g/mol. The molecule has 0 aliphatic heterocycles. The first-order valence-corrected chi connectivity index (χ1v) is 5.10. The molecule has 0 heterocycles. The van der Waals surface area contributed by atoms with Crippen molar-refractivity contribution < 1.29 is 9.53 Å². The van der Waals surface area contributed by atoms with Crippen LogP contribution in [0.25, 0.3) is 0 Å². The predicted molar refractivity (Wildman–Crippen MR) is 53.4 cm³/mol. The van der Waals surface area contributed by atoms with E-state index < -0.39 is 0 Å². The lowest BCUT2D eigenvalue weighted by Gasteiger charge is -2.11. The molecule has 78 valence electrons. The van der Waals surface area contributed by atoms with Crippen LogP contribution < -0.4 is 5.73 Å². The summed E-state index contributed by atoms with van der Waals surface area (Å²) in [6.45, 7) is 4.08. The molecule has 0 amide bonds. The number of unbranched alkanes of at least 4 members (excludes halogenated alkanes) is 3. The Morgan fingerprint density at radius 2 is 2.08 bits per heavy atom. The van der Waals surface area contributed by atoms with E-state index in [0.29, 0.717) is 0 Å². The first kappa shape index (κ1) is 12.4. The maximum atomic E-state index is 10.8. The molecule has 0 bridgehead atoms. The molecule has 1 unspecified atom stereocenters. The second kappa shape index (κ2) is 8.05. The molecule has 0 fully saturated rings. The molecular formula is C10H21NO2. The van der Waals surface area contributed by atoms with E-state index in [-0.39, 0.29) is 18.6 Å². The quantitative estimate of drug-likeness (QED) is 0.489. The molecule has 0 aliphatic rings. The summed E-state index contributed by atoms with van der Waals surface area (Å²) in [6.07, 6.45) is 5.82. The Bertz CT molecular complexity index is 137. The fourth-order valence-corrected chi connectivity index (χ4v) is 1.19. The molecule has 0 aromatic rings. The highest BCUT2D eigenvalue weighted by Gasteiger charge is 2.06. The van der Waals surface area contributed by atoms with Crippen LogP contribution in [0.3, 0.4) is 0 Å². The maximum Gasteiger partial charge on any atom is 0.319 e. The van der Waals surface area contributed by atoms with Gasteiger partial charge in [-0.05, 0) is 19.8 Å². The van der Waals surface area contributed by atoms with Crippen molar-refractivity contribution in [2.24, 2.45) is 5.73 Å². The molecule has 0 aromatic heterocycles. The van der Waals surface area contributed by atoms with E-state index in [1.165, 1.54) is 19.3 Å². The molecule has 3 heteroatoms. The summed E-state index contributed by atoms with van der Waals surface area (Å²) in [4.78, 5) is 10.8. The lowest BCUT2D eigenvalue weighted by molar-refractivity contribution is -0.146. The van der Waals surface area contributed by atoms with Crippen LogP contribution in [-0.2, 0) is 9.53 Å². The Hall–Kier alpha value is -0.570. The average Bonchev–Trinajstić information content (AvgIpc) is 2.12. The highest BCUT2D eigenvalue weighted by atomic mass is 16.5. The SMILES string of the molecule is CCCCCCC(C)OC(=O)CN. The summed E-state index contributed by atoms with van der Waals surface area (Å²) in [5, 5.41) is 0. The highest BCUT2D eigenvalue weighted by molar-refractivity contribution is 5.71. The van der Waals surface area contributed by atoms with Crippen LogP contribution in [-0.4, -0.2) is 18.6 Å². The summed E-state index contributed by atoms with van der Waals surface area (Å²) < 4.78 is 5.02. The van der Waals surface area contributed by atoms with Gasteiger partial charge in [-0.25, -0.2) is 0 Å². The zero-order chi connectivity index (χ0) is 10.1. The number of esters is 1. The number of carbonyl (C=O) groups is 1. The van der Waals surface area contributed by atoms with E-state index in [2.05, 4.69) is 6.92 Å². The third-order valence-corrected chi connectivity index (χ3v) is 1.96. The number of carbonyl (C=O) groups excluding carboxylic acids is 1. The van der Waals surface area contributed by atoms with E-state index in [1.807, 2.05) is 6.92 Å². The summed E-state index contributed by atoms with van der Waals surface area (Å²) in [5.41, 5.74) is 5.12. The Morgan fingerprint density at radius 1 is 1.38 bits per heavy atom. The van der Waals surface area contributed by atoms with Crippen LogP contribution in [0.5, 0.6) is 0 Å². The van der Waals surface area contributed by atoms with Gasteiger partial charge in [0.25, 0.3) is 0 Å². The standard InChI is InChI=1S/C10H21NO2/c1-3-4-5-6-7-9(2)13-10(12)8-11/h9H,3-8,11H2,1-2H3. The third-order valence-electron chi connectivity index (χ3n) is 1.96. The van der Waals surface area contributed by atoms with Crippen LogP contribution in [0.15, 0.2) is 0 Å². The minimum Gasteiger partial charge on any atom is -0.462 e. The molecule has 0 aromatic carbocycles. The smallest absolute Gasteiger partial charge is 0.319 e. The topological polar surface area (TPSA) is 52.3 Å². The second-order valence-electron chi connectivity index (χ2n) is 3.35. The fourth-order valence-electron chi connectivity index (χ4n) is 1.19. The number of nitrogens with two attached hydrogens (primary N) is 1. The Balaban J connectivity index is 3.29. The van der Waals surface area contributed by atoms with Crippen LogP contribution in [0.2, 0.25) is 0 Å². The lowest BCUT2D eigenvalue weighted by Crippen LogP contribution is -2.22. The van der Waals surface area contributed by atoms with Gasteiger partial charge < -0.3 is 10.5 Å². The van der Waals surface area contributed by atoms with Gasteiger partial charge in [0.1, 0.15) is 0 Å². The van der Waals surface area contributed by atoms with Crippen molar-refractivity contribution in [2.45, 2.75) is 52.1 Å². The van der Waals surface area contributed by atoms with Gasteiger partial charge in [-0.2, -0.15) is 0 Å². The summed E-state index contributed by atoms with van der Waals surface area (Å²) in [7, 11) is 0. The molecule has 13 heavy (non-hydrogen) atoms. The molecule has 0 rings (SSSR count). The van der Waals surface area contributed by atoms with Crippen molar-refractivity contribution in [3.05, 3.63) is 0 Å². The second-order valence-corrected chi connectivity index (χ2v) is 3.35. The van der Waals surface area contributed by atoms with E-state index in [1.54, 1.807) is 0 Å². The van der Waals surface area contributed by atoms with Crippen LogP contribution in [0.1, 0.15) is 46.0 Å². The predicted octanol–water partition coefficient (Wildman–Crippen LogP) is 1.85. The van der Waals surface area contributed by atoms with E-state index in [9.17, 15) is 4.79 Å². The summed E-state index contributed by atoms with van der Waals surface area (Å²) in [5.74, 6) is -0.303. The van der Waals surface area contributed by atoms with Gasteiger partial charge in [0.05, 0.1) is 12.6 Å². The van der Waals surface area contributed by atoms with Gasteiger partial charge >= 0.3 is 5.97 Å². The Labute approximate surface area is 80.6 Å². The number of hydrogen-bond acceptors (Lipinski definition) is 3. The minimum absolute atomic E-state index is 0.0146. The fraction of sp³-hybridized carbons (Fsp3) is 0.900. The van der Waals surface area contributed by atoms with Crippen molar-refractivity contribution in [1.82, 2.24) is 0 Å². The summed E-state index contributed by atoms with van der Waals surface area (Å²) >= 11 is 0. The highest BCUT2D eigenvalue weighted by Crippen LogP contribution is 2.07. The molecule has 0 saturated carbocycles. The zero-order valence-electron chi connectivity index (χ0n) is 8.71. The van der Waals surface area contributed by atoms with Crippen molar-refractivity contribution in [3.8, 4) is 0 Å². The monoisotopic (exact) mass is 187 g/mol. The first-order valence-electron chi connectivity index (χ1n) is 5.10. The van der Waals surface area contributed by atoms with Crippen LogP contribution >= 0.6 is 0 Å². The zero-order valence-corrected chi connectivity index (χ0v) is 8.71. The lowest BCUT2D eigenvalue weighted by atomic mass is 10.1. The van der Waals surface area contributed by atoms with Gasteiger partial charge in [0, 0.05) is 0 Å². The van der Waals surface area contributed by atoms with E-state index in [0.717, 1.165) is 12.8 Å². The molecule has 0 radical (unpaired) electrons. The minimum atomic E-state index is -0.303. The van der Waals surface area contributed by atoms with E-state index in [4.69, 9.17) is 10.5 Å². The third kappa shape index (κ3) is 7.78. The van der Waals surface area contributed by atoms with E-state index >= 15 is 0 Å². The molecule has 0 aliphatic carbocycles. The number of hydrogen-bond donors (Lipinski definition) is 1. The van der Waals surface area contributed by atoms with Crippen molar-refractivity contribution in [1.29, 1.82) is 0 Å². The van der Waals surface area contributed by atoms with Crippen molar-refractivity contribution in [2.75, 3.05) is 6.54 Å². The normalized spacial score (nSPS) is 12.5. The van der Waals surface area contributed by atoms with Crippen LogP contribution in [0.4, 0.5) is 0 Å². The Morgan fingerprint density at radius 3 is 2.62 bits per heavy atom. The summed E-state index contributed by atoms with van der Waals surface area (Å²) in [6, 6.07) is 0. The van der Waals surface area contributed by atoms with Gasteiger partial charge in [0.2, 0.25) is 0 Å². The maximum absolute atomic E-state index is 10.8. The van der Waals surface area contributed by atoms with Gasteiger partial charge in [-0.15, -0.1) is 0 Å². The largest absolute Gasteiger partial charge is 0.462 e. The molecule has 1 atom stereocenters. The van der Waals surface area contributed by atoms with Crippen molar-refractivity contribution >= 4 is 5.97 Å². The number of ether oxygens (including phenoxy) is 1. The molecule has 0 spiro atoms. The van der Waals surface area contributed by atoms with Gasteiger partial charge in [-0.3, -0.25) is 4.79 Å². The van der Waals surface area contributed by atoms with Gasteiger partial charge in [-0.1, -0.05) is 26.2 Å². The molecule has 2 N–H and O–H groups in total. The van der Waals surface area contributed by atoms with Gasteiger partial charge in [0.15, 0.2) is 0 Å². The molecule has 3 nitrogen and oxygen atoms in total. The average molecular weight is 187 g/mol. The Kier molecular flexibility index (Phi) is 7.69.